The van der Waals surface area contributed by atoms with E-state index in [9.17, 15) is 17.6 Å². The number of ether oxygens (including phenoxy) is 3. The van der Waals surface area contributed by atoms with Crippen molar-refractivity contribution in [2.24, 2.45) is 5.92 Å². The Labute approximate surface area is 181 Å². The van der Waals surface area contributed by atoms with E-state index in [-0.39, 0.29) is 29.6 Å². The van der Waals surface area contributed by atoms with Crippen molar-refractivity contribution in [3.8, 4) is 17.2 Å². The van der Waals surface area contributed by atoms with Crippen LogP contribution in [0.3, 0.4) is 0 Å². The fourth-order valence-corrected chi connectivity index (χ4v) is 5.22. The summed E-state index contributed by atoms with van der Waals surface area (Å²) in [5, 5.41) is 2.80. The van der Waals surface area contributed by atoms with E-state index in [4.69, 9.17) is 14.2 Å². The monoisotopic (exact) mass is 452 g/mol. The number of carbonyl (C=O) groups is 1. The molecule has 1 heterocycles. The number of amides is 1. The first-order chi connectivity index (χ1) is 14.8. The summed E-state index contributed by atoms with van der Waals surface area (Å²) in [5.41, 5.74) is 0.509. The zero-order chi connectivity index (χ0) is 22.6. The molecule has 2 aromatic carbocycles. The molecule has 0 aromatic heterocycles. The average Bonchev–Trinajstić information content (AvgIpc) is 2.79. The van der Waals surface area contributed by atoms with Crippen LogP contribution >= 0.6 is 0 Å². The summed E-state index contributed by atoms with van der Waals surface area (Å²) >= 11 is 0. The minimum absolute atomic E-state index is 0.0128. The molecule has 0 spiro atoms. The Morgan fingerprint density at radius 3 is 2.39 bits per heavy atom. The van der Waals surface area contributed by atoms with Gasteiger partial charge in [-0.15, -0.1) is 0 Å². The molecule has 31 heavy (non-hydrogen) atoms. The Balaban J connectivity index is 1.77. The van der Waals surface area contributed by atoms with E-state index < -0.39 is 21.8 Å². The third-order valence-electron chi connectivity index (χ3n) is 5.15. The highest BCUT2D eigenvalue weighted by atomic mass is 32.2. The quantitative estimate of drug-likeness (QED) is 0.694. The number of nitrogens with one attached hydrogen (secondary N) is 1. The van der Waals surface area contributed by atoms with Gasteiger partial charge < -0.3 is 19.5 Å². The third-order valence-corrected chi connectivity index (χ3v) is 7.04. The Morgan fingerprint density at radius 1 is 1.03 bits per heavy atom. The summed E-state index contributed by atoms with van der Waals surface area (Å²) in [5.74, 6) is -0.502. The lowest BCUT2D eigenvalue weighted by Gasteiger charge is -2.31. The highest BCUT2D eigenvalue weighted by Gasteiger charge is 2.35. The fourth-order valence-electron chi connectivity index (χ4n) is 3.52. The number of anilines is 1. The standard InChI is InChI=1S/C21H25FN2O6S/c1-28-17-9-7-16(12-19(17)30-3)23-21(25)14-5-4-10-24(13-14)31(26,27)20-11-15(22)6-8-18(20)29-2/h6-9,11-12,14H,4-5,10,13H2,1-3H3,(H,23,25)/t14-/m1/s1. The molecular weight excluding hydrogens is 427 g/mol. The van der Waals surface area contributed by atoms with E-state index in [1.807, 2.05) is 0 Å². The number of sulfonamides is 1. The van der Waals surface area contributed by atoms with Crippen molar-refractivity contribution in [2.75, 3.05) is 39.7 Å². The molecule has 1 aliphatic rings. The fraction of sp³-hybridized carbons (Fsp3) is 0.381. The van der Waals surface area contributed by atoms with Gasteiger partial charge in [0.05, 0.1) is 27.2 Å². The van der Waals surface area contributed by atoms with Crippen LogP contribution < -0.4 is 19.5 Å². The van der Waals surface area contributed by atoms with Crippen LogP contribution in [0.1, 0.15) is 12.8 Å². The van der Waals surface area contributed by atoms with Gasteiger partial charge in [0.25, 0.3) is 0 Å². The van der Waals surface area contributed by atoms with Crippen molar-refractivity contribution < 1.29 is 31.8 Å². The molecule has 168 valence electrons. The predicted molar refractivity (Wildman–Crippen MR) is 113 cm³/mol. The summed E-state index contributed by atoms with van der Waals surface area (Å²) in [6.45, 7) is 0.225. The second kappa shape index (κ2) is 9.52. The maximum atomic E-state index is 13.7. The SMILES string of the molecule is COc1ccc(NC(=O)[C@@H]2CCCN(S(=O)(=O)c3cc(F)ccc3OC)C2)cc1OC. The Hall–Kier alpha value is -2.85. The molecule has 1 fully saturated rings. The lowest BCUT2D eigenvalue weighted by molar-refractivity contribution is -0.120. The topological polar surface area (TPSA) is 94.2 Å². The molecule has 10 heteroatoms. The van der Waals surface area contributed by atoms with Crippen LogP contribution in [0.4, 0.5) is 10.1 Å². The minimum atomic E-state index is -4.03. The smallest absolute Gasteiger partial charge is 0.246 e. The van der Waals surface area contributed by atoms with Gasteiger partial charge in [-0.25, -0.2) is 12.8 Å². The van der Waals surface area contributed by atoms with Gasteiger partial charge in [0.15, 0.2) is 11.5 Å². The van der Waals surface area contributed by atoms with Crippen LogP contribution in [-0.2, 0) is 14.8 Å². The normalized spacial score (nSPS) is 17.1. The first kappa shape index (κ1) is 22.8. The summed E-state index contributed by atoms with van der Waals surface area (Å²) in [4.78, 5) is 12.6. The number of hydrogen-bond donors (Lipinski definition) is 1. The van der Waals surface area contributed by atoms with Crippen LogP contribution in [0, 0.1) is 11.7 Å². The summed E-state index contributed by atoms with van der Waals surface area (Å²) in [7, 11) is 0.296. The molecule has 1 atom stereocenters. The zero-order valence-corrected chi connectivity index (χ0v) is 18.4. The number of halogens is 1. The van der Waals surface area contributed by atoms with Gasteiger partial charge in [-0.3, -0.25) is 4.79 Å². The molecule has 0 aliphatic carbocycles. The van der Waals surface area contributed by atoms with E-state index >= 15 is 0 Å². The molecule has 1 N–H and O–H groups in total. The highest BCUT2D eigenvalue weighted by molar-refractivity contribution is 7.89. The number of piperidine rings is 1. The van der Waals surface area contributed by atoms with E-state index in [0.717, 1.165) is 12.1 Å². The van der Waals surface area contributed by atoms with Crippen molar-refractivity contribution in [1.82, 2.24) is 4.31 Å². The number of rotatable bonds is 7. The lowest BCUT2D eigenvalue weighted by atomic mass is 9.98. The molecule has 3 rings (SSSR count). The van der Waals surface area contributed by atoms with Gasteiger partial charge in [-0.2, -0.15) is 4.31 Å². The Bertz CT molecular complexity index is 1060. The van der Waals surface area contributed by atoms with Crippen LogP contribution in [0.2, 0.25) is 0 Å². The number of hydrogen-bond acceptors (Lipinski definition) is 6. The molecule has 0 bridgehead atoms. The summed E-state index contributed by atoms with van der Waals surface area (Å²) in [6.07, 6.45) is 1.03. The lowest BCUT2D eigenvalue weighted by Crippen LogP contribution is -2.43. The van der Waals surface area contributed by atoms with Crippen LogP contribution in [0.5, 0.6) is 17.2 Å². The second-order valence-electron chi connectivity index (χ2n) is 7.06. The number of benzene rings is 2. The maximum absolute atomic E-state index is 13.7. The highest BCUT2D eigenvalue weighted by Crippen LogP contribution is 2.32. The zero-order valence-electron chi connectivity index (χ0n) is 17.6. The molecule has 0 radical (unpaired) electrons. The van der Waals surface area contributed by atoms with Crippen molar-refractivity contribution >= 4 is 21.6 Å². The number of methoxy groups -OCH3 is 3. The molecule has 2 aromatic rings. The van der Waals surface area contributed by atoms with Gasteiger partial charge in [-0.05, 0) is 43.2 Å². The number of carbonyl (C=O) groups excluding carboxylic acids is 1. The van der Waals surface area contributed by atoms with Gasteiger partial charge >= 0.3 is 0 Å². The first-order valence-corrected chi connectivity index (χ1v) is 11.1. The Morgan fingerprint density at radius 2 is 1.71 bits per heavy atom. The third kappa shape index (κ3) is 4.91. The van der Waals surface area contributed by atoms with Crippen molar-refractivity contribution in [3.63, 3.8) is 0 Å². The van der Waals surface area contributed by atoms with Crippen molar-refractivity contribution in [3.05, 3.63) is 42.2 Å². The van der Waals surface area contributed by atoms with Crippen LogP contribution in [-0.4, -0.2) is 53.0 Å². The van der Waals surface area contributed by atoms with Gasteiger partial charge in [0.2, 0.25) is 15.9 Å². The largest absolute Gasteiger partial charge is 0.495 e. The molecule has 0 saturated carbocycles. The van der Waals surface area contributed by atoms with Crippen LogP contribution in [0.25, 0.3) is 0 Å². The predicted octanol–water partition coefficient (Wildman–Crippen LogP) is 2.89. The molecular formula is C21H25FN2O6S. The van der Waals surface area contributed by atoms with Crippen LogP contribution in [0.15, 0.2) is 41.3 Å². The van der Waals surface area contributed by atoms with Gasteiger partial charge in [0.1, 0.15) is 16.5 Å². The molecule has 1 amide bonds. The molecule has 8 nitrogen and oxygen atoms in total. The Kier molecular flexibility index (Phi) is 7.01. The van der Waals surface area contributed by atoms with Crippen molar-refractivity contribution in [2.45, 2.75) is 17.7 Å². The van der Waals surface area contributed by atoms with E-state index in [2.05, 4.69) is 5.32 Å². The number of nitrogens with zero attached hydrogens (tertiary/aromatic N) is 1. The minimum Gasteiger partial charge on any atom is -0.495 e. The summed E-state index contributed by atoms with van der Waals surface area (Å²) < 4.78 is 56.7. The second-order valence-corrected chi connectivity index (χ2v) is 8.96. The van der Waals surface area contributed by atoms with Gasteiger partial charge in [-0.1, -0.05) is 0 Å². The van der Waals surface area contributed by atoms with Crippen molar-refractivity contribution in [1.29, 1.82) is 0 Å². The molecule has 1 saturated heterocycles. The maximum Gasteiger partial charge on any atom is 0.246 e. The average molecular weight is 453 g/mol. The first-order valence-electron chi connectivity index (χ1n) is 9.66. The van der Waals surface area contributed by atoms with E-state index in [1.54, 1.807) is 18.2 Å². The molecule has 0 unspecified atom stereocenters. The van der Waals surface area contributed by atoms with Gasteiger partial charge in [0, 0.05) is 24.8 Å². The van der Waals surface area contributed by atoms with E-state index in [1.165, 1.54) is 31.7 Å². The summed E-state index contributed by atoms with van der Waals surface area (Å²) in [6, 6.07) is 8.31. The molecule has 1 aliphatic heterocycles. The van der Waals surface area contributed by atoms with E-state index in [0.29, 0.717) is 30.0 Å².